The maximum atomic E-state index is 11.7. The van der Waals surface area contributed by atoms with Crippen LogP contribution in [0, 0.1) is 0 Å². The van der Waals surface area contributed by atoms with Crippen molar-refractivity contribution in [3.8, 4) is 0 Å². The third-order valence-electron chi connectivity index (χ3n) is 1.29. The number of aliphatic hydroxyl groups is 1. The number of nitrogens with zero attached hydrogens (tertiary/aromatic N) is 2. The van der Waals surface area contributed by atoms with E-state index in [4.69, 9.17) is 5.11 Å². The lowest BCUT2D eigenvalue weighted by molar-refractivity contribution is 0.268. The first-order valence-electron chi connectivity index (χ1n) is 3.04. The molecule has 0 aromatic carbocycles. The second kappa shape index (κ2) is 3.31. The van der Waals surface area contributed by atoms with Crippen LogP contribution >= 0.6 is 0 Å². The summed E-state index contributed by atoms with van der Waals surface area (Å²) in [6.45, 7) is -0.237. The normalized spacial score (nSPS) is 10.2. The van der Waals surface area contributed by atoms with E-state index in [9.17, 15) is 4.39 Å². The van der Waals surface area contributed by atoms with Crippen molar-refractivity contribution in [1.29, 1.82) is 0 Å². The van der Waals surface area contributed by atoms with Crippen molar-refractivity contribution < 1.29 is 9.50 Å². The van der Waals surface area contributed by atoms with Crippen LogP contribution < -0.4 is 0 Å². The number of halogens is 1. The number of imidazole rings is 1. The van der Waals surface area contributed by atoms with Gasteiger partial charge in [-0.25, -0.2) is 9.37 Å². The second-order valence-corrected chi connectivity index (χ2v) is 1.93. The fourth-order valence-electron chi connectivity index (χ4n) is 0.772. The van der Waals surface area contributed by atoms with E-state index in [1.807, 2.05) is 0 Å². The van der Waals surface area contributed by atoms with Crippen molar-refractivity contribution in [2.24, 2.45) is 0 Å². The summed E-state index contributed by atoms with van der Waals surface area (Å²) >= 11 is 0. The van der Waals surface area contributed by atoms with Crippen molar-refractivity contribution in [2.45, 2.75) is 13.2 Å². The Morgan fingerprint density at radius 2 is 2.50 bits per heavy atom. The molecular formula is C6H9FN2O. The van der Waals surface area contributed by atoms with Gasteiger partial charge in [0, 0.05) is 0 Å². The molecule has 4 heteroatoms. The topological polar surface area (TPSA) is 38.1 Å². The van der Waals surface area contributed by atoms with Crippen LogP contribution in [0.25, 0.3) is 0 Å². The molecule has 1 heterocycles. The zero-order chi connectivity index (χ0) is 7.40. The van der Waals surface area contributed by atoms with E-state index in [1.165, 1.54) is 12.5 Å². The molecule has 0 bridgehead atoms. The van der Waals surface area contributed by atoms with Crippen molar-refractivity contribution >= 4 is 0 Å². The van der Waals surface area contributed by atoms with Gasteiger partial charge in [0.15, 0.2) is 0 Å². The predicted molar refractivity (Wildman–Crippen MR) is 34.1 cm³/mol. The van der Waals surface area contributed by atoms with Gasteiger partial charge in [-0.2, -0.15) is 0 Å². The molecule has 0 aliphatic carbocycles. The molecule has 0 fully saturated rings. The van der Waals surface area contributed by atoms with E-state index in [2.05, 4.69) is 4.98 Å². The Morgan fingerprint density at radius 1 is 1.70 bits per heavy atom. The zero-order valence-corrected chi connectivity index (χ0v) is 5.50. The predicted octanol–water partition coefficient (Wildman–Crippen LogP) is 0.345. The van der Waals surface area contributed by atoms with E-state index in [-0.39, 0.29) is 13.2 Å². The van der Waals surface area contributed by atoms with Gasteiger partial charge in [-0.05, 0) is 0 Å². The van der Waals surface area contributed by atoms with E-state index in [0.717, 1.165) is 0 Å². The number of hydrogen-bond acceptors (Lipinski definition) is 2. The molecule has 1 aromatic heterocycles. The Bertz CT molecular complexity index is 199. The van der Waals surface area contributed by atoms with E-state index >= 15 is 0 Å². The lowest BCUT2D eigenvalue weighted by Gasteiger charge is -2.00. The zero-order valence-electron chi connectivity index (χ0n) is 5.50. The summed E-state index contributed by atoms with van der Waals surface area (Å²) < 4.78 is 13.3. The highest BCUT2D eigenvalue weighted by Gasteiger charge is 1.97. The molecule has 0 saturated heterocycles. The molecule has 0 saturated carbocycles. The second-order valence-electron chi connectivity index (χ2n) is 1.93. The van der Waals surface area contributed by atoms with Gasteiger partial charge in [-0.15, -0.1) is 0 Å². The number of aliphatic hydroxyl groups excluding tert-OH is 1. The van der Waals surface area contributed by atoms with Gasteiger partial charge in [0.05, 0.1) is 31.4 Å². The SMILES string of the molecule is OCc1cncn1CCF. The fraction of sp³-hybridized carbons (Fsp3) is 0.500. The first kappa shape index (κ1) is 7.21. The van der Waals surface area contributed by atoms with Crippen LogP contribution in [-0.2, 0) is 13.2 Å². The quantitative estimate of drug-likeness (QED) is 0.664. The van der Waals surface area contributed by atoms with E-state index in [0.29, 0.717) is 5.69 Å². The van der Waals surface area contributed by atoms with Crippen molar-refractivity contribution in [3.05, 3.63) is 18.2 Å². The lowest BCUT2D eigenvalue weighted by atomic mass is 10.5. The van der Waals surface area contributed by atoms with Gasteiger partial charge in [-0.3, -0.25) is 0 Å². The number of aryl methyl sites for hydroxylation is 1. The van der Waals surface area contributed by atoms with Gasteiger partial charge >= 0.3 is 0 Å². The number of hydrogen-bond donors (Lipinski definition) is 1. The maximum Gasteiger partial charge on any atom is 0.107 e. The molecule has 0 aliphatic heterocycles. The van der Waals surface area contributed by atoms with Crippen LogP contribution in [-0.4, -0.2) is 21.3 Å². The van der Waals surface area contributed by atoms with Gasteiger partial charge in [-0.1, -0.05) is 0 Å². The minimum atomic E-state index is -0.427. The average molecular weight is 144 g/mol. The van der Waals surface area contributed by atoms with E-state index < -0.39 is 6.67 Å². The Morgan fingerprint density at radius 3 is 3.10 bits per heavy atom. The molecule has 0 unspecified atom stereocenters. The highest BCUT2D eigenvalue weighted by molar-refractivity contribution is 4.95. The van der Waals surface area contributed by atoms with Crippen molar-refractivity contribution in [1.82, 2.24) is 9.55 Å². The molecule has 1 rings (SSSR count). The Labute approximate surface area is 58.1 Å². The molecule has 1 N–H and O–H groups in total. The summed E-state index contributed by atoms with van der Waals surface area (Å²) in [7, 11) is 0. The fourth-order valence-corrected chi connectivity index (χ4v) is 0.772. The molecule has 0 radical (unpaired) electrons. The molecule has 0 aliphatic rings. The summed E-state index contributed by atoms with van der Waals surface area (Å²) in [5.41, 5.74) is 0.651. The van der Waals surface area contributed by atoms with Gasteiger partial charge in [0.1, 0.15) is 6.67 Å². The molecule has 3 nitrogen and oxygen atoms in total. The Kier molecular flexibility index (Phi) is 2.39. The van der Waals surface area contributed by atoms with Crippen molar-refractivity contribution in [3.63, 3.8) is 0 Å². The van der Waals surface area contributed by atoms with Crippen LogP contribution in [0.2, 0.25) is 0 Å². The lowest BCUT2D eigenvalue weighted by Crippen LogP contribution is -2.02. The summed E-state index contributed by atoms with van der Waals surface area (Å²) in [6.07, 6.45) is 3.03. The summed E-state index contributed by atoms with van der Waals surface area (Å²) in [4.78, 5) is 3.75. The van der Waals surface area contributed by atoms with Crippen LogP contribution in [0.5, 0.6) is 0 Å². The average Bonchev–Trinajstić information content (AvgIpc) is 2.36. The molecule has 1 aromatic rings. The highest BCUT2D eigenvalue weighted by Crippen LogP contribution is 1.97. The Hall–Kier alpha value is -0.900. The van der Waals surface area contributed by atoms with Crippen LogP contribution in [0.4, 0.5) is 4.39 Å². The molecular weight excluding hydrogens is 135 g/mol. The van der Waals surface area contributed by atoms with Gasteiger partial charge in [0.2, 0.25) is 0 Å². The smallest absolute Gasteiger partial charge is 0.107 e. The van der Waals surface area contributed by atoms with Crippen LogP contribution in [0.15, 0.2) is 12.5 Å². The molecule has 10 heavy (non-hydrogen) atoms. The summed E-state index contributed by atoms with van der Waals surface area (Å²) in [5, 5.41) is 8.65. The standard InChI is InChI=1S/C6H9FN2O/c7-1-2-9-5-8-3-6(9)4-10/h3,5,10H,1-2,4H2. The first-order valence-corrected chi connectivity index (χ1v) is 3.04. The maximum absolute atomic E-state index is 11.7. The third-order valence-corrected chi connectivity index (χ3v) is 1.29. The molecule has 0 spiro atoms. The highest BCUT2D eigenvalue weighted by atomic mass is 19.1. The summed E-state index contributed by atoms with van der Waals surface area (Å²) in [5.74, 6) is 0. The van der Waals surface area contributed by atoms with Gasteiger partial charge in [0.25, 0.3) is 0 Å². The molecule has 0 amide bonds. The number of aromatic nitrogens is 2. The van der Waals surface area contributed by atoms with E-state index in [1.54, 1.807) is 4.57 Å². The first-order chi connectivity index (χ1) is 4.88. The van der Waals surface area contributed by atoms with Crippen LogP contribution in [0.1, 0.15) is 5.69 Å². The Balaban J connectivity index is 2.70. The molecule has 0 atom stereocenters. The minimum Gasteiger partial charge on any atom is -0.390 e. The monoisotopic (exact) mass is 144 g/mol. The summed E-state index contributed by atoms with van der Waals surface area (Å²) in [6, 6.07) is 0. The third kappa shape index (κ3) is 1.33. The number of alkyl halides is 1. The minimum absolute atomic E-state index is 0.0833. The molecule has 56 valence electrons. The van der Waals surface area contributed by atoms with Crippen molar-refractivity contribution in [2.75, 3.05) is 6.67 Å². The number of rotatable bonds is 3. The van der Waals surface area contributed by atoms with Gasteiger partial charge < -0.3 is 9.67 Å². The largest absolute Gasteiger partial charge is 0.390 e. The van der Waals surface area contributed by atoms with Crippen LogP contribution in [0.3, 0.4) is 0 Å².